The van der Waals surface area contributed by atoms with E-state index in [2.05, 4.69) is 153 Å². The van der Waals surface area contributed by atoms with Gasteiger partial charge in [-0.15, -0.1) is 0 Å². The van der Waals surface area contributed by atoms with Crippen LogP contribution >= 0.6 is 0 Å². The maximum atomic E-state index is 12.5. The third-order valence-electron chi connectivity index (χ3n) is 13.2. The van der Waals surface area contributed by atoms with Crippen LogP contribution in [-0.4, -0.2) is 34.9 Å². The van der Waals surface area contributed by atoms with Crippen molar-refractivity contribution >= 4 is 5.91 Å². The Kier molecular flexibility index (Phi) is 58.8. The largest absolute Gasteiger partial charge is 0.394 e. The van der Waals surface area contributed by atoms with E-state index >= 15 is 0 Å². The Labute approximate surface area is 447 Å². The lowest BCUT2D eigenvalue weighted by atomic mass is 10.0. The van der Waals surface area contributed by atoms with Crippen molar-refractivity contribution in [3.8, 4) is 0 Å². The smallest absolute Gasteiger partial charge is 0.220 e. The van der Waals surface area contributed by atoms with Crippen LogP contribution in [0.5, 0.6) is 0 Å². The molecule has 410 valence electrons. The minimum Gasteiger partial charge on any atom is -0.394 e. The molecule has 0 aliphatic heterocycles. The molecular weight excluding hydrogens is 879 g/mol. The predicted octanol–water partition coefficient (Wildman–Crippen LogP) is 20.6. The van der Waals surface area contributed by atoms with Crippen LogP contribution in [0.3, 0.4) is 0 Å². The SMILES string of the molecule is CC/C=C\C/C=C\C/C=C\C/C=C\C/C=C\C/C=C\C/C=C\C/C=C\C/C=C\C/C=C\C/C=C\CCCCCC(=O)NC(CO)C(O)CCCCCCCCCCCCCCCCCCCCCCCCC. The Bertz CT molecular complexity index is 1450. The Balaban J connectivity index is 3.65. The summed E-state index contributed by atoms with van der Waals surface area (Å²) < 4.78 is 0. The third-order valence-corrected chi connectivity index (χ3v) is 13.2. The molecule has 0 saturated carbocycles. The van der Waals surface area contributed by atoms with E-state index in [0.717, 1.165) is 109 Å². The van der Waals surface area contributed by atoms with E-state index in [1.807, 2.05) is 0 Å². The lowest BCUT2D eigenvalue weighted by molar-refractivity contribution is -0.123. The molecule has 0 aromatic carbocycles. The van der Waals surface area contributed by atoms with E-state index in [1.54, 1.807) is 0 Å². The molecule has 0 aliphatic rings. The Morgan fingerprint density at radius 3 is 0.903 bits per heavy atom. The lowest BCUT2D eigenvalue weighted by Gasteiger charge is -2.22. The first-order valence-corrected chi connectivity index (χ1v) is 30.4. The molecule has 0 aromatic rings. The summed E-state index contributed by atoms with van der Waals surface area (Å²) in [7, 11) is 0. The molecule has 0 fully saturated rings. The summed E-state index contributed by atoms with van der Waals surface area (Å²) in [5.41, 5.74) is 0. The molecule has 4 heteroatoms. The highest BCUT2D eigenvalue weighted by atomic mass is 16.3. The van der Waals surface area contributed by atoms with Crippen LogP contribution in [0.1, 0.15) is 271 Å². The average molecular weight is 995 g/mol. The van der Waals surface area contributed by atoms with Crippen LogP contribution in [0.2, 0.25) is 0 Å². The normalized spacial score (nSPS) is 13.8. The zero-order valence-electron chi connectivity index (χ0n) is 47.2. The molecule has 0 radical (unpaired) electrons. The topological polar surface area (TPSA) is 69.6 Å². The molecule has 3 N–H and O–H groups in total. The first kappa shape index (κ1) is 68.5. The van der Waals surface area contributed by atoms with Gasteiger partial charge in [0.05, 0.1) is 18.8 Å². The van der Waals surface area contributed by atoms with Gasteiger partial charge < -0.3 is 15.5 Å². The Morgan fingerprint density at radius 1 is 0.347 bits per heavy atom. The summed E-state index contributed by atoms with van der Waals surface area (Å²) in [6, 6.07) is -0.566. The fourth-order valence-electron chi connectivity index (χ4n) is 8.60. The molecule has 0 saturated heterocycles. The van der Waals surface area contributed by atoms with Crippen molar-refractivity contribution < 1.29 is 15.0 Å². The molecule has 4 nitrogen and oxygen atoms in total. The molecule has 1 amide bonds. The molecule has 0 heterocycles. The van der Waals surface area contributed by atoms with E-state index in [1.165, 1.54) is 135 Å². The molecule has 2 unspecified atom stereocenters. The second-order valence-electron chi connectivity index (χ2n) is 20.0. The number of carbonyl (C=O) groups excluding carboxylic acids is 1. The highest BCUT2D eigenvalue weighted by Crippen LogP contribution is 2.17. The van der Waals surface area contributed by atoms with Gasteiger partial charge in [-0.2, -0.15) is 0 Å². The molecule has 0 spiro atoms. The van der Waals surface area contributed by atoms with Crippen molar-refractivity contribution in [2.45, 2.75) is 283 Å². The predicted molar refractivity (Wildman–Crippen MR) is 322 cm³/mol. The van der Waals surface area contributed by atoms with Gasteiger partial charge in [0.1, 0.15) is 0 Å². The second kappa shape index (κ2) is 61.8. The number of allylic oxidation sites excluding steroid dienone is 22. The zero-order chi connectivity index (χ0) is 52.0. The summed E-state index contributed by atoms with van der Waals surface area (Å²) in [6.07, 6.45) is 95.9. The number of unbranched alkanes of at least 4 members (excludes halogenated alkanes) is 25. The first-order valence-electron chi connectivity index (χ1n) is 30.4. The van der Waals surface area contributed by atoms with E-state index in [9.17, 15) is 15.0 Å². The number of amides is 1. The standard InChI is InChI=1S/C68H115NO3/c1-3-5-7-9-11-13-15-17-19-21-23-25-27-28-29-30-31-32-33-34-35-36-37-38-39-40-42-44-46-48-50-52-54-56-58-60-62-64-68(72)69-66(65-70)67(71)63-61-59-57-55-53-51-49-47-45-43-41-26-24-22-20-18-16-14-12-10-8-6-4-2/h5,7,11,13,17,19,23,25,28-29,31-32,34-35,37-38,40,42,46,48,52,54,66-67,70-71H,3-4,6,8-10,12,14-16,18,20-22,24,26-27,30,33,36,39,41,43-45,47,49-51,53,55-65H2,1-2H3,(H,69,72)/b7-5-,13-11-,19-17-,25-23-,29-28-,32-31-,35-34-,38-37-,42-40-,48-46-,54-52-. The van der Waals surface area contributed by atoms with Gasteiger partial charge in [-0.3, -0.25) is 4.79 Å². The summed E-state index contributed by atoms with van der Waals surface area (Å²) in [6.45, 7) is 4.24. The van der Waals surface area contributed by atoms with Crippen LogP contribution in [-0.2, 0) is 4.79 Å². The summed E-state index contributed by atoms with van der Waals surface area (Å²) in [4.78, 5) is 12.5. The average Bonchev–Trinajstić information content (AvgIpc) is 3.39. The fourth-order valence-corrected chi connectivity index (χ4v) is 8.60. The van der Waals surface area contributed by atoms with Crippen molar-refractivity contribution in [1.29, 1.82) is 0 Å². The van der Waals surface area contributed by atoms with Crippen LogP contribution in [0, 0.1) is 0 Å². The van der Waals surface area contributed by atoms with Crippen molar-refractivity contribution in [1.82, 2.24) is 5.32 Å². The molecule has 72 heavy (non-hydrogen) atoms. The van der Waals surface area contributed by atoms with E-state index in [4.69, 9.17) is 0 Å². The Hall–Kier alpha value is -3.47. The van der Waals surface area contributed by atoms with E-state index in [0.29, 0.717) is 12.8 Å². The number of hydrogen-bond acceptors (Lipinski definition) is 3. The van der Waals surface area contributed by atoms with Gasteiger partial charge in [-0.25, -0.2) is 0 Å². The van der Waals surface area contributed by atoms with Gasteiger partial charge >= 0.3 is 0 Å². The summed E-state index contributed by atoms with van der Waals surface area (Å²) in [5, 5.41) is 23.3. The molecule has 2 atom stereocenters. The van der Waals surface area contributed by atoms with E-state index < -0.39 is 12.1 Å². The quantitative estimate of drug-likeness (QED) is 0.0420. The number of aliphatic hydroxyl groups excluding tert-OH is 2. The number of aliphatic hydroxyl groups is 2. The van der Waals surface area contributed by atoms with Crippen LogP contribution in [0.15, 0.2) is 134 Å². The maximum Gasteiger partial charge on any atom is 0.220 e. The molecular formula is C68H115NO3. The fraction of sp³-hybridized carbons (Fsp3) is 0.662. The van der Waals surface area contributed by atoms with Crippen molar-refractivity contribution in [3.05, 3.63) is 134 Å². The third kappa shape index (κ3) is 57.4. The summed E-state index contributed by atoms with van der Waals surface area (Å²) >= 11 is 0. The number of hydrogen-bond donors (Lipinski definition) is 3. The highest BCUT2D eigenvalue weighted by molar-refractivity contribution is 5.76. The van der Waals surface area contributed by atoms with Crippen LogP contribution in [0.4, 0.5) is 0 Å². The van der Waals surface area contributed by atoms with Gasteiger partial charge in [-0.05, 0) is 96.3 Å². The molecule has 0 aromatic heterocycles. The molecule has 0 bridgehead atoms. The molecule has 0 aliphatic carbocycles. The number of nitrogens with one attached hydrogen (secondary N) is 1. The van der Waals surface area contributed by atoms with Gasteiger partial charge in [-0.1, -0.05) is 302 Å². The zero-order valence-corrected chi connectivity index (χ0v) is 47.2. The van der Waals surface area contributed by atoms with E-state index in [-0.39, 0.29) is 12.5 Å². The monoisotopic (exact) mass is 994 g/mol. The first-order chi connectivity index (χ1) is 35.7. The van der Waals surface area contributed by atoms with Crippen molar-refractivity contribution in [3.63, 3.8) is 0 Å². The van der Waals surface area contributed by atoms with Crippen molar-refractivity contribution in [2.75, 3.05) is 6.61 Å². The van der Waals surface area contributed by atoms with Gasteiger partial charge in [0.2, 0.25) is 5.91 Å². The van der Waals surface area contributed by atoms with Crippen LogP contribution < -0.4 is 5.32 Å². The van der Waals surface area contributed by atoms with Crippen molar-refractivity contribution in [2.24, 2.45) is 0 Å². The van der Waals surface area contributed by atoms with Gasteiger partial charge in [0, 0.05) is 6.42 Å². The summed E-state index contributed by atoms with van der Waals surface area (Å²) in [5.74, 6) is -0.0660. The number of rotatable bonds is 54. The molecule has 0 rings (SSSR count). The second-order valence-corrected chi connectivity index (χ2v) is 20.0. The minimum atomic E-state index is -0.685. The van der Waals surface area contributed by atoms with Crippen LogP contribution in [0.25, 0.3) is 0 Å². The van der Waals surface area contributed by atoms with Gasteiger partial charge in [0.25, 0.3) is 0 Å². The highest BCUT2D eigenvalue weighted by Gasteiger charge is 2.20. The maximum absolute atomic E-state index is 12.5. The number of carbonyl (C=O) groups is 1. The lowest BCUT2D eigenvalue weighted by Crippen LogP contribution is -2.45. The van der Waals surface area contributed by atoms with Gasteiger partial charge in [0.15, 0.2) is 0 Å². The Morgan fingerprint density at radius 2 is 0.611 bits per heavy atom. The minimum absolute atomic E-state index is 0.0660.